The Kier molecular flexibility index (Phi) is 3.81. The lowest BCUT2D eigenvalue weighted by Crippen LogP contribution is -2.07. The first kappa shape index (κ1) is 12.8. The van der Waals surface area contributed by atoms with Gasteiger partial charge in [-0.25, -0.2) is 4.79 Å². The molecule has 0 radical (unpaired) electrons. The fourth-order valence-electron chi connectivity index (χ4n) is 1.51. The molecule has 0 saturated carbocycles. The highest BCUT2D eigenvalue weighted by molar-refractivity contribution is 9.10. The van der Waals surface area contributed by atoms with Gasteiger partial charge in [-0.2, -0.15) is 5.10 Å². The maximum absolute atomic E-state index is 11.3. The topological polar surface area (TPSA) is 70.2 Å². The van der Waals surface area contributed by atoms with Crippen molar-refractivity contribution in [3.8, 4) is 0 Å². The highest BCUT2D eigenvalue weighted by Gasteiger charge is 2.13. The van der Waals surface area contributed by atoms with E-state index in [-0.39, 0.29) is 5.69 Å². The maximum atomic E-state index is 11.3. The monoisotopic (exact) mass is 313 g/mol. The number of aromatic nitrogens is 3. The van der Waals surface area contributed by atoms with Crippen LogP contribution in [-0.2, 0) is 17.7 Å². The van der Waals surface area contributed by atoms with E-state index in [1.807, 2.05) is 13.0 Å². The Morgan fingerprint density at radius 3 is 2.94 bits per heavy atom. The Bertz CT molecular complexity index is 562. The molecule has 0 fully saturated rings. The molecular formula is C11H12BrN3O3. The van der Waals surface area contributed by atoms with Crippen molar-refractivity contribution in [3.05, 3.63) is 33.9 Å². The molecule has 2 aromatic rings. The van der Waals surface area contributed by atoms with Gasteiger partial charge in [0.15, 0.2) is 5.69 Å². The summed E-state index contributed by atoms with van der Waals surface area (Å²) in [6.45, 7) is 2.46. The quantitative estimate of drug-likeness (QED) is 0.807. The van der Waals surface area contributed by atoms with Crippen LogP contribution < -0.4 is 0 Å². The lowest BCUT2D eigenvalue weighted by atomic mass is 10.3. The summed E-state index contributed by atoms with van der Waals surface area (Å²) in [5.74, 6) is 0.333. The second-order valence-corrected chi connectivity index (χ2v) is 4.56. The van der Waals surface area contributed by atoms with Crippen molar-refractivity contribution < 1.29 is 14.1 Å². The van der Waals surface area contributed by atoms with Gasteiger partial charge in [-0.1, -0.05) is 5.16 Å². The van der Waals surface area contributed by atoms with Gasteiger partial charge in [-0.15, -0.1) is 0 Å². The van der Waals surface area contributed by atoms with Crippen LogP contribution in [0.25, 0.3) is 0 Å². The van der Waals surface area contributed by atoms with Crippen molar-refractivity contribution >= 4 is 21.9 Å². The number of ether oxygens (including phenoxy) is 1. The smallest absolute Gasteiger partial charge is 0.358 e. The fourth-order valence-corrected chi connectivity index (χ4v) is 1.98. The summed E-state index contributed by atoms with van der Waals surface area (Å²) < 4.78 is 12.1. The molecule has 2 rings (SSSR count). The molecule has 0 unspecified atom stereocenters. The molecule has 2 heterocycles. The van der Waals surface area contributed by atoms with Gasteiger partial charge in [0.1, 0.15) is 10.4 Å². The zero-order valence-electron chi connectivity index (χ0n) is 10.0. The second kappa shape index (κ2) is 5.34. The van der Waals surface area contributed by atoms with Crippen molar-refractivity contribution in [2.75, 3.05) is 7.11 Å². The van der Waals surface area contributed by atoms with Crippen LogP contribution >= 0.6 is 15.9 Å². The molecule has 0 atom stereocenters. The van der Waals surface area contributed by atoms with Crippen LogP contribution in [0, 0.1) is 6.92 Å². The van der Waals surface area contributed by atoms with Crippen LogP contribution in [0.1, 0.15) is 21.9 Å². The van der Waals surface area contributed by atoms with Crippen molar-refractivity contribution in [2.45, 2.75) is 19.9 Å². The standard InChI is InChI=1S/C11H12BrN3O3/c1-7-5-8(18-14-7)3-4-15-10(12)6-9(13-15)11(16)17-2/h5-6H,3-4H2,1-2H3. The summed E-state index contributed by atoms with van der Waals surface area (Å²) in [5.41, 5.74) is 1.12. The number of hydrogen-bond donors (Lipinski definition) is 0. The van der Waals surface area contributed by atoms with Gasteiger partial charge in [0, 0.05) is 25.1 Å². The lowest BCUT2D eigenvalue weighted by molar-refractivity contribution is 0.0593. The third-order valence-electron chi connectivity index (χ3n) is 2.37. The number of carbonyl (C=O) groups is 1. The minimum atomic E-state index is -0.454. The van der Waals surface area contributed by atoms with E-state index in [0.29, 0.717) is 13.0 Å². The minimum Gasteiger partial charge on any atom is -0.464 e. The van der Waals surface area contributed by atoms with E-state index in [0.717, 1.165) is 16.1 Å². The summed E-state index contributed by atoms with van der Waals surface area (Å²) in [6, 6.07) is 3.50. The van der Waals surface area contributed by atoms with Crippen molar-refractivity contribution in [1.29, 1.82) is 0 Å². The van der Waals surface area contributed by atoms with Gasteiger partial charge in [0.2, 0.25) is 0 Å². The molecule has 7 heteroatoms. The van der Waals surface area contributed by atoms with E-state index >= 15 is 0 Å². The molecule has 0 bridgehead atoms. The van der Waals surface area contributed by atoms with Crippen LogP contribution in [-0.4, -0.2) is 28.0 Å². The summed E-state index contributed by atoms with van der Waals surface area (Å²) in [7, 11) is 1.33. The van der Waals surface area contributed by atoms with E-state index in [2.05, 4.69) is 30.9 Å². The zero-order valence-corrected chi connectivity index (χ0v) is 11.6. The Balaban J connectivity index is 2.05. The third kappa shape index (κ3) is 2.79. The van der Waals surface area contributed by atoms with Crippen LogP contribution in [0.5, 0.6) is 0 Å². The number of nitrogens with zero attached hydrogens (tertiary/aromatic N) is 3. The zero-order chi connectivity index (χ0) is 13.1. The molecule has 2 aromatic heterocycles. The Morgan fingerprint density at radius 2 is 2.33 bits per heavy atom. The van der Waals surface area contributed by atoms with Crippen LogP contribution in [0.3, 0.4) is 0 Å². The Morgan fingerprint density at radius 1 is 1.56 bits per heavy atom. The van der Waals surface area contributed by atoms with Crippen molar-refractivity contribution in [2.24, 2.45) is 0 Å². The van der Waals surface area contributed by atoms with Gasteiger partial charge < -0.3 is 9.26 Å². The molecule has 0 N–H and O–H groups in total. The minimum absolute atomic E-state index is 0.276. The first-order chi connectivity index (χ1) is 8.60. The van der Waals surface area contributed by atoms with E-state index in [1.54, 1.807) is 10.7 Å². The number of halogens is 1. The SMILES string of the molecule is COC(=O)c1cc(Br)n(CCc2cc(C)no2)n1. The third-order valence-corrected chi connectivity index (χ3v) is 3.01. The predicted molar refractivity (Wildman–Crippen MR) is 66.2 cm³/mol. The first-order valence-corrected chi connectivity index (χ1v) is 6.13. The molecule has 6 nitrogen and oxygen atoms in total. The fraction of sp³-hybridized carbons (Fsp3) is 0.364. The molecule has 0 aliphatic carbocycles. The lowest BCUT2D eigenvalue weighted by Gasteiger charge is -2.00. The normalized spacial score (nSPS) is 10.6. The average Bonchev–Trinajstić information content (AvgIpc) is 2.92. The average molecular weight is 314 g/mol. The molecular weight excluding hydrogens is 302 g/mol. The molecule has 0 amide bonds. The van der Waals surface area contributed by atoms with E-state index in [9.17, 15) is 4.79 Å². The summed E-state index contributed by atoms with van der Waals surface area (Å²) >= 11 is 3.34. The summed E-state index contributed by atoms with van der Waals surface area (Å²) in [4.78, 5) is 11.3. The number of hydrogen-bond acceptors (Lipinski definition) is 5. The number of rotatable bonds is 4. The Labute approximate surface area is 112 Å². The van der Waals surface area contributed by atoms with E-state index in [1.165, 1.54) is 7.11 Å². The number of methoxy groups -OCH3 is 1. The molecule has 0 aliphatic rings. The van der Waals surface area contributed by atoms with Crippen molar-refractivity contribution in [3.63, 3.8) is 0 Å². The first-order valence-electron chi connectivity index (χ1n) is 5.34. The Hall–Kier alpha value is -1.63. The molecule has 18 heavy (non-hydrogen) atoms. The number of aryl methyl sites for hydroxylation is 3. The number of carbonyl (C=O) groups excluding carboxylic acids is 1. The maximum Gasteiger partial charge on any atom is 0.358 e. The summed E-state index contributed by atoms with van der Waals surface area (Å²) in [6.07, 6.45) is 0.654. The van der Waals surface area contributed by atoms with Crippen LogP contribution in [0.15, 0.2) is 21.3 Å². The van der Waals surface area contributed by atoms with Gasteiger partial charge in [-0.05, 0) is 22.9 Å². The van der Waals surface area contributed by atoms with E-state index in [4.69, 9.17) is 4.52 Å². The molecule has 0 saturated heterocycles. The second-order valence-electron chi connectivity index (χ2n) is 3.75. The number of esters is 1. The van der Waals surface area contributed by atoms with Gasteiger partial charge >= 0.3 is 5.97 Å². The predicted octanol–water partition coefficient (Wildman–Crippen LogP) is 1.97. The van der Waals surface area contributed by atoms with Gasteiger partial charge in [0.05, 0.1) is 12.8 Å². The molecule has 0 spiro atoms. The largest absolute Gasteiger partial charge is 0.464 e. The highest BCUT2D eigenvalue weighted by atomic mass is 79.9. The van der Waals surface area contributed by atoms with E-state index < -0.39 is 5.97 Å². The van der Waals surface area contributed by atoms with Crippen LogP contribution in [0.4, 0.5) is 0 Å². The highest BCUT2D eigenvalue weighted by Crippen LogP contribution is 2.14. The molecule has 0 aliphatic heterocycles. The molecule has 96 valence electrons. The van der Waals surface area contributed by atoms with Gasteiger partial charge in [0.25, 0.3) is 0 Å². The summed E-state index contributed by atoms with van der Waals surface area (Å²) in [5, 5.41) is 7.94. The van der Waals surface area contributed by atoms with Crippen molar-refractivity contribution in [1.82, 2.24) is 14.9 Å². The van der Waals surface area contributed by atoms with Gasteiger partial charge in [-0.3, -0.25) is 4.68 Å². The molecule has 0 aromatic carbocycles. The van der Waals surface area contributed by atoms with Crippen LogP contribution in [0.2, 0.25) is 0 Å².